The zero-order valence-electron chi connectivity index (χ0n) is 25.1. The van der Waals surface area contributed by atoms with Crippen molar-refractivity contribution in [2.45, 2.75) is 57.3 Å². The number of primary amides is 1. The maximum absolute atomic E-state index is 15.4. The average molecular weight is 633 g/mol. The van der Waals surface area contributed by atoms with Gasteiger partial charge in [0.2, 0.25) is 6.41 Å². The molecule has 11 heteroatoms. The minimum absolute atomic E-state index is 0.00521. The summed E-state index contributed by atoms with van der Waals surface area (Å²) in [6.45, 7) is 2.06. The highest BCUT2D eigenvalue weighted by Gasteiger charge is 2.27. The summed E-state index contributed by atoms with van der Waals surface area (Å²) in [4.78, 5) is 31.2. The van der Waals surface area contributed by atoms with Gasteiger partial charge < -0.3 is 25.5 Å². The molecule has 0 fully saturated rings. The van der Waals surface area contributed by atoms with Crippen LogP contribution in [0.3, 0.4) is 0 Å². The minimum atomic E-state index is -1.11. The number of aryl methyl sites for hydroxylation is 2. The van der Waals surface area contributed by atoms with Crippen molar-refractivity contribution >= 4 is 34.1 Å². The van der Waals surface area contributed by atoms with Gasteiger partial charge in [-0.15, -0.1) is 0 Å². The number of imidazole rings is 1. The zero-order chi connectivity index (χ0) is 31.9. The summed E-state index contributed by atoms with van der Waals surface area (Å²) in [5.41, 5.74) is 9.75. The fraction of sp³-hybridized carbons (Fsp3) is 0.324. The third-order valence-corrected chi connectivity index (χ3v) is 9.74. The van der Waals surface area contributed by atoms with Crippen LogP contribution in [0.15, 0.2) is 72.3 Å². The average Bonchev–Trinajstić information content (AvgIpc) is 3.69. The second-order valence-electron chi connectivity index (χ2n) is 11.3. The van der Waals surface area contributed by atoms with Crippen LogP contribution in [-0.2, 0) is 33.2 Å². The number of nitrogens with zero attached hydrogens (tertiary/aromatic N) is 1. The number of hydrogen-bond donors (Lipinski definition) is 4. The van der Waals surface area contributed by atoms with Gasteiger partial charge in [0.1, 0.15) is 11.6 Å². The highest BCUT2D eigenvalue weighted by molar-refractivity contribution is 7.84. The number of aromatic amines is 2. The number of benzene rings is 2. The van der Waals surface area contributed by atoms with Crippen LogP contribution < -0.4 is 10.5 Å². The predicted octanol–water partition coefficient (Wildman–Crippen LogP) is 5.76. The third kappa shape index (κ3) is 7.59. The second kappa shape index (κ2) is 14.5. The first kappa shape index (κ1) is 31.9. The fourth-order valence-corrected chi connectivity index (χ4v) is 7.19. The van der Waals surface area contributed by atoms with E-state index in [4.69, 9.17) is 19.6 Å². The molecule has 1 amide bonds. The standard InChI is InChI=1S/C33H34FN3O4S.CH3NO/c1-20-7-9-23-17-27(20)33-36-19-30(37-33)24(22-5-2-4-21(16-22)8-10-31(38)39)6-3-14-42(40)15-12-26-25-11-13-35-29(25)18-28(34)32(26)41-23;2-1-3/h2,4-5,7,9,11,13,16,18-19,24,27,35H,3,6,8,10,12,14-15,17H2,1H3,(H,36,37)(H,38,39);1H,(H2,2,3). The van der Waals surface area contributed by atoms with Crippen molar-refractivity contribution in [3.63, 3.8) is 0 Å². The number of carboxylic acids is 1. The van der Waals surface area contributed by atoms with Crippen molar-refractivity contribution in [3.05, 3.63) is 106 Å². The van der Waals surface area contributed by atoms with Crippen LogP contribution in [-0.4, -0.2) is 48.2 Å². The lowest BCUT2D eigenvalue weighted by atomic mass is 9.89. The highest BCUT2D eigenvalue weighted by Crippen LogP contribution is 2.39. The third-order valence-electron chi connectivity index (χ3n) is 8.33. The van der Waals surface area contributed by atoms with Gasteiger partial charge in [0.05, 0.1) is 0 Å². The van der Waals surface area contributed by atoms with Crippen molar-refractivity contribution in [2.75, 3.05) is 11.5 Å². The molecule has 3 atom stereocenters. The molecule has 3 heterocycles. The van der Waals surface area contributed by atoms with E-state index in [-0.39, 0.29) is 30.4 Å². The van der Waals surface area contributed by atoms with Crippen LogP contribution in [0.4, 0.5) is 4.39 Å². The van der Waals surface area contributed by atoms with Gasteiger partial charge >= 0.3 is 5.97 Å². The number of allylic oxidation sites excluding steroid dienone is 4. The molecular formula is C34H37FN4O5S. The van der Waals surface area contributed by atoms with E-state index >= 15 is 4.39 Å². The Morgan fingerprint density at radius 1 is 1.22 bits per heavy atom. The van der Waals surface area contributed by atoms with Crippen molar-refractivity contribution < 1.29 is 28.0 Å². The van der Waals surface area contributed by atoms with Gasteiger partial charge in [0.25, 0.3) is 0 Å². The number of aromatic nitrogens is 3. The number of fused-ring (bicyclic) bond motifs is 8. The van der Waals surface area contributed by atoms with Gasteiger partial charge in [0, 0.05) is 87.6 Å². The second-order valence-corrected chi connectivity index (χ2v) is 13.0. The number of carbonyl (C=O) groups excluding carboxylic acids is 1. The predicted molar refractivity (Wildman–Crippen MR) is 172 cm³/mol. The van der Waals surface area contributed by atoms with E-state index in [0.717, 1.165) is 52.0 Å². The van der Waals surface area contributed by atoms with Crippen LogP contribution in [0.1, 0.15) is 72.7 Å². The molecule has 0 saturated heterocycles. The molecule has 236 valence electrons. The van der Waals surface area contributed by atoms with Gasteiger partial charge in [-0.05, 0) is 55.9 Å². The maximum atomic E-state index is 15.4. The molecule has 0 radical (unpaired) electrons. The summed E-state index contributed by atoms with van der Waals surface area (Å²) < 4.78 is 34.9. The Hall–Kier alpha value is -4.51. The van der Waals surface area contributed by atoms with Crippen molar-refractivity contribution in [1.82, 2.24) is 15.0 Å². The Bertz CT molecular complexity index is 1780. The molecule has 2 aromatic carbocycles. The first-order chi connectivity index (χ1) is 21.8. The normalized spacial score (nSPS) is 20.1. The van der Waals surface area contributed by atoms with E-state index in [9.17, 15) is 9.00 Å². The maximum Gasteiger partial charge on any atom is 0.303 e. The van der Waals surface area contributed by atoms with E-state index in [1.54, 1.807) is 6.20 Å². The molecule has 6 rings (SSSR count). The largest absolute Gasteiger partial charge is 0.481 e. The number of nitrogens with two attached hydrogens (primary N) is 1. The first-order valence-corrected chi connectivity index (χ1v) is 16.5. The number of halogens is 1. The Morgan fingerprint density at radius 3 is 2.84 bits per heavy atom. The molecule has 1 aliphatic heterocycles. The van der Waals surface area contributed by atoms with Crippen molar-refractivity contribution in [1.29, 1.82) is 0 Å². The van der Waals surface area contributed by atoms with Crippen LogP contribution in [0, 0.1) is 5.82 Å². The zero-order valence-corrected chi connectivity index (χ0v) is 25.9. The molecule has 0 spiro atoms. The summed E-state index contributed by atoms with van der Waals surface area (Å²) in [5, 5.41) is 10.0. The molecule has 3 unspecified atom stereocenters. The summed E-state index contributed by atoms with van der Waals surface area (Å²) in [5.74, 6) is 1.28. The van der Waals surface area contributed by atoms with E-state index < -0.39 is 22.6 Å². The van der Waals surface area contributed by atoms with Gasteiger partial charge in [-0.1, -0.05) is 35.9 Å². The Balaban J connectivity index is 0.00000128. The number of H-pyrrole nitrogens is 2. The molecule has 5 N–H and O–H groups in total. The van der Waals surface area contributed by atoms with Crippen LogP contribution in [0.5, 0.6) is 5.75 Å². The van der Waals surface area contributed by atoms with E-state index in [1.807, 2.05) is 36.5 Å². The SMILES string of the molecule is CC1=CC=C2CC1c1ncc([nH]1)C(c1cccc(CCC(=O)O)c1)CCCS(=O)CCc1c(c(F)cc3[nH]ccc13)O2.NC=O. The molecule has 9 nitrogen and oxygen atoms in total. The summed E-state index contributed by atoms with van der Waals surface area (Å²) in [7, 11) is -1.11. The number of aliphatic carboxylic acids is 1. The number of carbonyl (C=O) groups is 2. The Morgan fingerprint density at radius 2 is 2.04 bits per heavy atom. The van der Waals surface area contributed by atoms with E-state index in [1.165, 1.54) is 6.07 Å². The van der Waals surface area contributed by atoms with Gasteiger partial charge in [-0.25, -0.2) is 9.37 Å². The van der Waals surface area contributed by atoms with Gasteiger partial charge in [-0.2, -0.15) is 0 Å². The monoisotopic (exact) mass is 632 g/mol. The van der Waals surface area contributed by atoms with Crippen LogP contribution in [0.2, 0.25) is 0 Å². The molecule has 2 aromatic heterocycles. The van der Waals surface area contributed by atoms with Gasteiger partial charge in [0.15, 0.2) is 11.6 Å². The molecular weight excluding hydrogens is 595 g/mol. The smallest absolute Gasteiger partial charge is 0.303 e. The summed E-state index contributed by atoms with van der Waals surface area (Å²) in [6.07, 6.45) is 10.8. The number of rotatable bonds is 4. The van der Waals surface area contributed by atoms with Gasteiger partial charge in [-0.3, -0.25) is 13.8 Å². The molecule has 2 aliphatic rings. The number of carboxylic acid groups (broad SMARTS) is 1. The lowest BCUT2D eigenvalue weighted by Crippen LogP contribution is -2.14. The van der Waals surface area contributed by atoms with Crippen molar-refractivity contribution in [2.24, 2.45) is 5.73 Å². The Kier molecular flexibility index (Phi) is 10.3. The summed E-state index contributed by atoms with van der Waals surface area (Å²) in [6, 6.07) is 11.5. The molecule has 4 bridgehead atoms. The summed E-state index contributed by atoms with van der Waals surface area (Å²) >= 11 is 0. The highest BCUT2D eigenvalue weighted by atomic mass is 32.2. The quantitative estimate of drug-likeness (QED) is 0.210. The van der Waals surface area contributed by atoms with E-state index in [2.05, 4.69) is 34.8 Å². The lowest BCUT2D eigenvalue weighted by Gasteiger charge is -2.23. The molecule has 1 aliphatic carbocycles. The number of amides is 1. The van der Waals surface area contributed by atoms with E-state index in [0.29, 0.717) is 42.0 Å². The van der Waals surface area contributed by atoms with Crippen LogP contribution >= 0.6 is 0 Å². The molecule has 0 saturated carbocycles. The number of ether oxygens (including phenoxy) is 1. The Labute approximate surface area is 263 Å². The lowest BCUT2D eigenvalue weighted by molar-refractivity contribution is -0.137. The molecule has 45 heavy (non-hydrogen) atoms. The van der Waals surface area contributed by atoms with Crippen molar-refractivity contribution in [3.8, 4) is 5.75 Å². The fourth-order valence-electron chi connectivity index (χ4n) is 6.06. The minimum Gasteiger partial charge on any atom is -0.481 e. The molecule has 4 aromatic rings. The topological polar surface area (TPSA) is 151 Å². The van der Waals surface area contributed by atoms with Crippen LogP contribution in [0.25, 0.3) is 10.9 Å². The number of nitrogens with one attached hydrogen (secondary N) is 2. The first-order valence-electron chi connectivity index (χ1n) is 15.0. The number of hydrogen-bond acceptors (Lipinski definition) is 5.